The maximum Gasteiger partial charge on any atom is 0.298 e. The molecule has 1 atom stereocenters. The van der Waals surface area contributed by atoms with Gasteiger partial charge in [-0.15, -0.1) is 0 Å². The van der Waals surface area contributed by atoms with Crippen molar-refractivity contribution >= 4 is 35.6 Å². The van der Waals surface area contributed by atoms with Gasteiger partial charge in [-0.2, -0.15) is 5.26 Å². The molecule has 1 aromatic heterocycles. The summed E-state index contributed by atoms with van der Waals surface area (Å²) in [5.74, 6) is -4.53. The smallest absolute Gasteiger partial charge is 0.298 e. The summed E-state index contributed by atoms with van der Waals surface area (Å²) < 4.78 is 26.5. The van der Waals surface area contributed by atoms with Gasteiger partial charge in [0.2, 0.25) is 5.91 Å². The lowest BCUT2D eigenvalue weighted by atomic mass is 9.99. The molecule has 1 saturated heterocycles. The second-order valence-electron chi connectivity index (χ2n) is 6.34. The third-order valence-electron chi connectivity index (χ3n) is 4.36. The number of rotatable bonds is 5. The first-order chi connectivity index (χ1) is 13.8. The number of halogens is 3. The Morgan fingerprint density at radius 2 is 2.03 bits per heavy atom. The molecular weight excluding hydrogens is 402 g/mol. The topological polar surface area (TPSA) is 86.1 Å². The third kappa shape index (κ3) is 4.58. The van der Waals surface area contributed by atoms with E-state index in [4.69, 9.17) is 16.9 Å². The van der Waals surface area contributed by atoms with Crippen LogP contribution in [0.25, 0.3) is 12.2 Å². The number of likely N-dealkylation sites (tertiary alicyclic amines) is 1. The number of alkyl halides is 2. The van der Waals surface area contributed by atoms with Crippen LogP contribution in [0.1, 0.15) is 21.5 Å². The lowest BCUT2D eigenvalue weighted by Crippen LogP contribution is -2.67. The van der Waals surface area contributed by atoms with Crippen LogP contribution in [0.4, 0.5) is 8.78 Å². The number of hydrogen-bond acceptors (Lipinski definition) is 4. The van der Waals surface area contributed by atoms with E-state index in [-0.39, 0.29) is 5.56 Å². The van der Waals surface area contributed by atoms with E-state index in [1.165, 1.54) is 24.5 Å². The van der Waals surface area contributed by atoms with Crippen molar-refractivity contribution < 1.29 is 18.4 Å². The highest BCUT2D eigenvalue weighted by molar-refractivity contribution is 6.30. The van der Waals surface area contributed by atoms with Gasteiger partial charge < -0.3 is 10.2 Å². The van der Waals surface area contributed by atoms with Crippen molar-refractivity contribution in [1.29, 1.82) is 5.26 Å². The van der Waals surface area contributed by atoms with Gasteiger partial charge in [-0.25, -0.2) is 8.78 Å². The Bertz CT molecular complexity index is 1000. The second kappa shape index (κ2) is 8.37. The Morgan fingerprint density at radius 3 is 2.69 bits per heavy atom. The summed E-state index contributed by atoms with van der Waals surface area (Å²) in [5, 5.41) is 11.8. The lowest BCUT2D eigenvalue weighted by molar-refractivity contribution is -0.180. The largest absolute Gasteiger partial charge is 0.343 e. The fourth-order valence-corrected chi connectivity index (χ4v) is 2.90. The van der Waals surface area contributed by atoms with Gasteiger partial charge in [0, 0.05) is 28.5 Å². The highest BCUT2D eigenvalue weighted by Gasteiger charge is 2.57. The molecule has 0 aliphatic carbocycles. The van der Waals surface area contributed by atoms with Crippen molar-refractivity contribution in [3.63, 3.8) is 0 Å². The molecule has 0 bridgehead atoms. The summed E-state index contributed by atoms with van der Waals surface area (Å²) in [7, 11) is 0. The molecule has 1 aliphatic heterocycles. The van der Waals surface area contributed by atoms with E-state index in [9.17, 15) is 18.4 Å². The van der Waals surface area contributed by atoms with E-state index in [0.29, 0.717) is 10.6 Å². The fourth-order valence-electron chi connectivity index (χ4n) is 2.78. The van der Waals surface area contributed by atoms with Crippen LogP contribution >= 0.6 is 11.6 Å². The van der Waals surface area contributed by atoms with Crippen LogP contribution in [0.3, 0.4) is 0 Å². The van der Waals surface area contributed by atoms with Gasteiger partial charge in [-0.05, 0) is 23.8 Å². The van der Waals surface area contributed by atoms with E-state index in [1.54, 1.807) is 24.3 Å². The summed E-state index contributed by atoms with van der Waals surface area (Å²) in [6.45, 7) is -1.32. The Morgan fingerprint density at radius 1 is 1.31 bits per heavy atom. The summed E-state index contributed by atoms with van der Waals surface area (Å²) in [4.78, 5) is 29.2. The molecule has 0 radical (unpaired) electrons. The standard InChI is InChI=1S/C20H15ClF2N4O2/c21-15-5-2-13(3-6-15)1-4-14-10-25-8-7-16(14)19(29)26-11-18(28)27-12-20(22,23)17(27)9-24/h1-8,10,17H,11-12H2,(H,26,29). The van der Waals surface area contributed by atoms with E-state index in [2.05, 4.69) is 10.3 Å². The molecule has 148 valence electrons. The first-order valence-corrected chi connectivity index (χ1v) is 8.92. The number of nitrogens with one attached hydrogen (secondary N) is 1. The van der Waals surface area contributed by atoms with Crippen LogP contribution in [0.2, 0.25) is 5.02 Å². The van der Waals surface area contributed by atoms with Gasteiger partial charge in [0.15, 0.2) is 6.04 Å². The minimum atomic E-state index is -3.22. The van der Waals surface area contributed by atoms with E-state index < -0.39 is 36.9 Å². The maximum atomic E-state index is 13.3. The molecule has 3 rings (SSSR count). The van der Waals surface area contributed by atoms with Crippen LogP contribution in [0, 0.1) is 11.3 Å². The number of nitrogens with zero attached hydrogens (tertiary/aromatic N) is 3. The Hall–Kier alpha value is -3.31. The number of carbonyl (C=O) groups excluding carboxylic acids is 2. The van der Waals surface area contributed by atoms with Crippen LogP contribution in [0.15, 0.2) is 42.7 Å². The Kier molecular flexibility index (Phi) is 5.89. The van der Waals surface area contributed by atoms with Crippen molar-refractivity contribution in [2.75, 3.05) is 13.1 Å². The monoisotopic (exact) mass is 416 g/mol. The van der Waals surface area contributed by atoms with E-state index in [0.717, 1.165) is 10.5 Å². The molecule has 2 aromatic rings. The SMILES string of the molecule is N#CC1N(C(=O)CNC(=O)c2ccncc2C=Cc2ccc(Cl)cc2)CC1(F)F. The van der Waals surface area contributed by atoms with Crippen molar-refractivity contribution in [1.82, 2.24) is 15.2 Å². The Balaban J connectivity index is 1.65. The van der Waals surface area contributed by atoms with Crippen LogP contribution in [0.5, 0.6) is 0 Å². The van der Waals surface area contributed by atoms with Crippen LogP contribution < -0.4 is 5.32 Å². The predicted molar refractivity (Wildman–Crippen MR) is 103 cm³/mol. The van der Waals surface area contributed by atoms with Crippen molar-refractivity contribution in [2.45, 2.75) is 12.0 Å². The van der Waals surface area contributed by atoms with Crippen LogP contribution in [-0.4, -0.2) is 46.8 Å². The molecule has 29 heavy (non-hydrogen) atoms. The zero-order valence-corrected chi connectivity index (χ0v) is 15.7. The minimum Gasteiger partial charge on any atom is -0.343 e. The molecular formula is C20H15ClF2N4O2. The molecule has 0 spiro atoms. The molecule has 0 saturated carbocycles. The van der Waals surface area contributed by atoms with E-state index in [1.807, 2.05) is 12.1 Å². The lowest BCUT2D eigenvalue weighted by Gasteiger charge is -2.43. The normalized spacial score (nSPS) is 17.4. The summed E-state index contributed by atoms with van der Waals surface area (Å²) >= 11 is 5.85. The minimum absolute atomic E-state index is 0.267. The van der Waals surface area contributed by atoms with Gasteiger partial charge in [0.1, 0.15) is 0 Å². The predicted octanol–water partition coefficient (Wildman–Crippen LogP) is 3.00. The number of nitriles is 1. The third-order valence-corrected chi connectivity index (χ3v) is 4.61. The molecule has 1 aliphatic rings. The van der Waals surface area contributed by atoms with Crippen LogP contribution in [-0.2, 0) is 4.79 Å². The van der Waals surface area contributed by atoms with E-state index >= 15 is 0 Å². The zero-order chi connectivity index (χ0) is 21.0. The average molecular weight is 417 g/mol. The van der Waals surface area contributed by atoms with Gasteiger partial charge in [0.05, 0.1) is 19.2 Å². The molecule has 1 fully saturated rings. The number of aromatic nitrogens is 1. The number of benzene rings is 1. The number of amides is 2. The molecule has 1 unspecified atom stereocenters. The number of hydrogen-bond donors (Lipinski definition) is 1. The highest BCUT2D eigenvalue weighted by atomic mass is 35.5. The summed E-state index contributed by atoms with van der Waals surface area (Å²) in [6, 6.07) is 8.17. The Labute approximate surface area is 170 Å². The molecule has 9 heteroatoms. The number of carbonyl (C=O) groups is 2. The fraction of sp³-hybridized carbons (Fsp3) is 0.200. The molecule has 1 N–H and O–H groups in total. The van der Waals surface area contributed by atoms with Gasteiger partial charge in [-0.3, -0.25) is 14.6 Å². The molecule has 2 heterocycles. The summed E-state index contributed by atoms with van der Waals surface area (Å²) in [6.07, 6.45) is 6.38. The average Bonchev–Trinajstić information content (AvgIpc) is 2.70. The first kappa shape index (κ1) is 20.4. The summed E-state index contributed by atoms with van der Waals surface area (Å²) in [5.41, 5.74) is 1.64. The molecule has 2 amide bonds. The van der Waals surface area contributed by atoms with Crippen molar-refractivity contribution in [2.24, 2.45) is 0 Å². The van der Waals surface area contributed by atoms with Gasteiger partial charge >= 0.3 is 0 Å². The first-order valence-electron chi connectivity index (χ1n) is 8.54. The second-order valence-corrected chi connectivity index (χ2v) is 6.78. The molecule has 1 aromatic carbocycles. The van der Waals surface area contributed by atoms with Gasteiger partial charge in [-0.1, -0.05) is 35.9 Å². The zero-order valence-electron chi connectivity index (χ0n) is 15.0. The molecule has 6 nitrogen and oxygen atoms in total. The van der Waals surface area contributed by atoms with Crippen molar-refractivity contribution in [3.8, 4) is 6.07 Å². The van der Waals surface area contributed by atoms with Crippen molar-refractivity contribution in [3.05, 3.63) is 64.4 Å². The maximum absolute atomic E-state index is 13.3. The number of pyridine rings is 1. The quantitative estimate of drug-likeness (QED) is 0.811. The highest BCUT2D eigenvalue weighted by Crippen LogP contribution is 2.34. The van der Waals surface area contributed by atoms with Gasteiger partial charge in [0.25, 0.3) is 11.8 Å².